The van der Waals surface area contributed by atoms with Gasteiger partial charge >= 0.3 is 0 Å². The molecule has 146 valence electrons. The van der Waals surface area contributed by atoms with E-state index in [-0.39, 0.29) is 6.61 Å². The molecule has 0 saturated heterocycles. The second-order valence-corrected chi connectivity index (χ2v) is 8.13. The predicted molar refractivity (Wildman–Crippen MR) is 116 cm³/mol. The summed E-state index contributed by atoms with van der Waals surface area (Å²) in [4.78, 5) is 5.62. The third kappa shape index (κ3) is 3.91. The van der Waals surface area contributed by atoms with Gasteiger partial charge in [-0.25, -0.2) is 0 Å². The molecule has 0 bridgehead atoms. The molecule has 3 N–H and O–H groups in total. The number of H-pyrrole nitrogens is 1. The molecule has 1 atom stereocenters. The Morgan fingerprint density at radius 3 is 2.81 bits per heavy atom. The molecule has 3 rings (SSSR count). The Hall–Kier alpha value is -2.20. The Balaban J connectivity index is 1.91. The fourth-order valence-corrected chi connectivity index (χ4v) is 4.03. The summed E-state index contributed by atoms with van der Waals surface area (Å²) >= 11 is 0. The largest absolute Gasteiger partial charge is 0.395 e. The lowest BCUT2D eigenvalue weighted by Gasteiger charge is -2.36. The number of benzene rings is 1. The first-order valence-electron chi connectivity index (χ1n) is 9.95. The van der Waals surface area contributed by atoms with E-state index in [0.717, 1.165) is 35.3 Å². The number of nitrogens with one attached hydrogen (secondary N) is 2. The van der Waals surface area contributed by atoms with Crippen LogP contribution in [0, 0.1) is 5.41 Å². The molecule has 0 spiro atoms. The number of allylic oxidation sites excluding steroid dienone is 3. The fraction of sp³-hybridized carbons (Fsp3) is 0.478. The highest BCUT2D eigenvalue weighted by Crippen LogP contribution is 2.44. The number of likely N-dealkylation sites (N-methyl/N-ethyl adjacent to an activating group) is 1. The molecule has 1 aromatic carbocycles. The maximum absolute atomic E-state index is 9.16. The van der Waals surface area contributed by atoms with Crippen molar-refractivity contribution in [1.29, 1.82) is 0 Å². The van der Waals surface area contributed by atoms with Crippen LogP contribution in [0.5, 0.6) is 0 Å². The first-order chi connectivity index (χ1) is 12.9. The first kappa shape index (κ1) is 19.6. The monoisotopic (exact) mass is 367 g/mol. The minimum atomic E-state index is 0.152. The van der Waals surface area contributed by atoms with Crippen molar-refractivity contribution >= 4 is 22.2 Å². The molecule has 4 heteroatoms. The predicted octanol–water partition coefficient (Wildman–Crippen LogP) is 4.68. The van der Waals surface area contributed by atoms with Gasteiger partial charge < -0.3 is 20.3 Å². The average Bonchev–Trinajstić information content (AvgIpc) is 3.10. The highest BCUT2D eigenvalue weighted by atomic mass is 16.3. The summed E-state index contributed by atoms with van der Waals surface area (Å²) < 4.78 is 0. The van der Waals surface area contributed by atoms with Gasteiger partial charge in [-0.05, 0) is 54.0 Å². The van der Waals surface area contributed by atoms with E-state index < -0.39 is 0 Å². The number of hydrogen-bond acceptors (Lipinski definition) is 3. The summed E-state index contributed by atoms with van der Waals surface area (Å²) in [5.74, 6) is 0. The van der Waals surface area contributed by atoms with E-state index in [9.17, 15) is 0 Å². The van der Waals surface area contributed by atoms with Crippen LogP contribution in [0.15, 0.2) is 42.1 Å². The van der Waals surface area contributed by atoms with Gasteiger partial charge in [0.2, 0.25) is 0 Å². The lowest BCUT2D eigenvalue weighted by Crippen LogP contribution is -2.26. The van der Waals surface area contributed by atoms with Crippen molar-refractivity contribution in [2.24, 2.45) is 5.41 Å². The Morgan fingerprint density at radius 2 is 2.15 bits per heavy atom. The van der Waals surface area contributed by atoms with Crippen LogP contribution in [0.1, 0.15) is 45.2 Å². The van der Waals surface area contributed by atoms with Gasteiger partial charge in [0.25, 0.3) is 0 Å². The zero-order valence-electron chi connectivity index (χ0n) is 17.2. The first-order valence-corrected chi connectivity index (χ1v) is 9.95. The zero-order valence-corrected chi connectivity index (χ0v) is 17.2. The van der Waals surface area contributed by atoms with Gasteiger partial charge in [-0.2, -0.15) is 0 Å². The van der Waals surface area contributed by atoms with Gasteiger partial charge in [0.15, 0.2) is 0 Å². The third-order valence-corrected chi connectivity index (χ3v) is 6.27. The quantitative estimate of drug-likeness (QED) is 0.666. The van der Waals surface area contributed by atoms with Crippen molar-refractivity contribution in [3.05, 3.63) is 47.8 Å². The van der Waals surface area contributed by atoms with E-state index >= 15 is 0 Å². The Morgan fingerprint density at radius 1 is 1.37 bits per heavy atom. The number of hydrogen-bond donors (Lipinski definition) is 3. The fourth-order valence-electron chi connectivity index (χ4n) is 4.03. The molecule has 0 fully saturated rings. The lowest BCUT2D eigenvalue weighted by molar-refractivity contribution is 0.263. The van der Waals surface area contributed by atoms with Gasteiger partial charge in [-0.3, -0.25) is 0 Å². The highest BCUT2D eigenvalue weighted by molar-refractivity contribution is 5.89. The topological polar surface area (TPSA) is 51.3 Å². The minimum absolute atomic E-state index is 0.152. The Labute approximate surface area is 163 Å². The SMILES string of the molecule is C=C(C1=C(NC)CC(C)(CC)CC1)c1cc2ccc(N(C)CCO)cc2[nH]1. The summed E-state index contributed by atoms with van der Waals surface area (Å²) in [6.45, 7) is 9.88. The van der Waals surface area contributed by atoms with E-state index in [2.05, 4.69) is 59.9 Å². The van der Waals surface area contributed by atoms with Crippen LogP contribution in [-0.4, -0.2) is 37.3 Å². The molecule has 1 aromatic heterocycles. The van der Waals surface area contributed by atoms with Crippen LogP contribution in [0.4, 0.5) is 5.69 Å². The molecule has 2 aromatic rings. The van der Waals surface area contributed by atoms with Crippen molar-refractivity contribution in [1.82, 2.24) is 10.3 Å². The van der Waals surface area contributed by atoms with E-state index in [4.69, 9.17) is 5.11 Å². The molecule has 0 radical (unpaired) electrons. The number of aliphatic hydroxyl groups is 1. The van der Waals surface area contributed by atoms with Gasteiger partial charge in [-0.1, -0.05) is 32.9 Å². The summed E-state index contributed by atoms with van der Waals surface area (Å²) in [6.07, 6.45) is 4.57. The normalized spacial score (nSPS) is 20.2. The van der Waals surface area contributed by atoms with E-state index in [1.807, 2.05) is 14.1 Å². The molecule has 0 amide bonds. The standard InChI is InChI=1S/C23H33N3O/c1-6-23(3)10-9-19(22(15-23)24-4)16(2)20-13-17-7-8-18(14-21(17)25-20)26(5)11-12-27/h7-8,13-14,24-25,27H,2,6,9-12,15H2,1,3-5H3. The number of aromatic nitrogens is 1. The summed E-state index contributed by atoms with van der Waals surface area (Å²) in [7, 11) is 4.02. The maximum atomic E-state index is 9.16. The van der Waals surface area contributed by atoms with Crippen LogP contribution >= 0.6 is 0 Å². The number of fused-ring (bicyclic) bond motifs is 1. The summed E-state index contributed by atoms with van der Waals surface area (Å²) in [6, 6.07) is 8.57. The van der Waals surface area contributed by atoms with Crippen molar-refractivity contribution in [3.63, 3.8) is 0 Å². The molecule has 1 unspecified atom stereocenters. The molecule has 0 aliphatic heterocycles. The van der Waals surface area contributed by atoms with Gasteiger partial charge in [0.05, 0.1) is 6.61 Å². The second kappa shape index (κ2) is 7.81. The van der Waals surface area contributed by atoms with Crippen LogP contribution < -0.4 is 10.2 Å². The molecule has 1 heterocycles. The second-order valence-electron chi connectivity index (χ2n) is 8.13. The van der Waals surface area contributed by atoms with Gasteiger partial charge in [-0.15, -0.1) is 0 Å². The van der Waals surface area contributed by atoms with Crippen LogP contribution in [-0.2, 0) is 0 Å². The molecule has 4 nitrogen and oxygen atoms in total. The lowest BCUT2D eigenvalue weighted by atomic mass is 9.72. The Bertz CT molecular complexity index is 864. The van der Waals surface area contributed by atoms with Crippen molar-refractivity contribution < 1.29 is 5.11 Å². The average molecular weight is 368 g/mol. The van der Waals surface area contributed by atoms with Crippen LogP contribution in [0.25, 0.3) is 16.5 Å². The van der Waals surface area contributed by atoms with Gasteiger partial charge in [0, 0.05) is 48.6 Å². The summed E-state index contributed by atoms with van der Waals surface area (Å²) in [5, 5.41) is 13.8. The van der Waals surface area contributed by atoms with Crippen LogP contribution in [0.2, 0.25) is 0 Å². The number of aliphatic hydroxyl groups excluding tert-OH is 1. The highest BCUT2D eigenvalue weighted by Gasteiger charge is 2.30. The van der Waals surface area contributed by atoms with Crippen molar-refractivity contribution in [2.45, 2.75) is 39.5 Å². The van der Waals surface area contributed by atoms with E-state index in [1.165, 1.54) is 29.5 Å². The van der Waals surface area contributed by atoms with Gasteiger partial charge in [0.1, 0.15) is 0 Å². The molecule has 27 heavy (non-hydrogen) atoms. The number of anilines is 1. The Kier molecular flexibility index (Phi) is 5.66. The molecular weight excluding hydrogens is 334 g/mol. The third-order valence-electron chi connectivity index (χ3n) is 6.27. The number of rotatable bonds is 7. The molecule has 0 saturated carbocycles. The molecule has 1 aliphatic rings. The maximum Gasteiger partial charge on any atom is 0.0606 e. The zero-order chi connectivity index (χ0) is 19.6. The van der Waals surface area contributed by atoms with E-state index in [0.29, 0.717) is 12.0 Å². The molecule has 1 aliphatic carbocycles. The number of aromatic amines is 1. The van der Waals surface area contributed by atoms with E-state index in [1.54, 1.807) is 0 Å². The van der Waals surface area contributed by atoms with Crippen LogP contribution in [0.3, 0.4) is 0 Å². The smallest absolute Gasteiger partial charge is 0.0606 e. The number of nitrogens with zero attached hydrogens (tertiary/aromatic N) is 1. The van der Waals surface area contributed by atoms with Crippen molar-refractivity contribution in [2.75, 3.05) is 32.1 Å². The summed E-state index contributed by atoms with van der Waals surface area (Å²) in [5.41, 5.74) is 7.46. The van der Waals surface area contributed by atoms with Crippen molar-refractivity contribution in [3.8, 4) is 0 Å². The molecular formula is C23H33N3O. The minimum Gasteiger partial charge on any atom is -0.395 e.